The lowest BCUT2D eigenvalue weighted by atomic mass is 10.0. The number of rotatable bonds is 6. The molecule has 5 nitrogen and oxygen atoms in total. The van der Waals surface area contributed by atoms with Gasteiger partial charge in [0.1, 0.15) is 5.60 Å². The molecule has 2 rings (SSSR count). The molecule has 0 aliphatic heterocycles. The normalized spacial score (nSPS) is 12.5. The lowest BCUT2D eigenvalue weighted by Gasteiger charge is -2.21. The standard InChI is InChI=1S/C21H28N2O3S/c1-14(2)18(17-7-6-12-27-17)23-19(24)16-10-8-15(9-11-16)13-22-20(25)26-21(3,4)5/h6-12,14,18H,13H2,1-5H3,(H,22,25)(H,23,24)/t18-/m0/s1. The van der Waals surface area contributed by atoms with Crippen LogP contribution in [0.1, 0.15) is 61.5 Å². The molecule has 0 fully saturated rings. The van der Waals surface area contributed by atoms with Crippen molar-refractivity contribution in [1.29, 1.82) is 0 Å². The van der Waals surface area contributed by atoms with E-state index in [9.17, 15) is 9.59 Å². The molecule has 0 radical (unpaired) electrons. The first kappa shape index (κ1) is 21.0. The lowest BCUT2D eigenvalue weighted by Crippen LogP contribution is -2.32. The summed E-state index contributed by atoms with van der Waals surface area (Å²) in [6.07, 6.45) is -0.458. The van der Waals surface area contributed by atoms with Crippen molar-refractivity contribution in [1.82, 2.24) is 10.6 Å². The Morgan fingerprint density at radius 2 is 1.78 bits per heavy atom. The minimum absolute atomic E-state index is 0.00832. The Balaban J connectivity index is 1.94. The van der Waals surface area contributed by atoms with Gasteiger partial charge in [0.25, 0.3) is 5.91 Å². The van der Waals surface area contributed by atoms with Gasteiger partial charge in [0.15, 0.2) is 0 Å². The van der Waals surface area contributed by atoms with Crippen molar-refractivity contribution in [3.63, 3.8) is 0 Å². The third kappa shape index (κ3) is 6.71. The molecule has 146 valence electrons. The molecule has 0 bridgehead atoms. The van der Waals surface area contributed by atoms with Gasteiger partial charge in [0.2, 0.25) is 0 Å². The summed E-state index contributed by atoms with van der Waals surface area (Å²) in [4.78, 5) is 25.5. The summed E-state index contributed by atoms with van der Waals surface area (Å²) in [5.41, 5.74) is 0.968. The monoisotopic (exact) mass is 388 g/mol. The van der Waals surface area contributed by atoms with E-state index in [0.29, 0.717) is 18.0 Å². The van der Waals surface area contributed by atoms with Crippen molar-refractivity contribution >= 4 is 23.3 Å². The number of carbonyl (C=O) groups is 2. The molecule has 6 heteroatoms. The third-order valence-electron chi connectivity index (χ3n) is 3.85. The lowest BCUT2D eigenvalue weighted by molar-refractivity contribution is 0.0523. The summed E-state index contributed by atoms with van der Waals surface area (Å²) in [5.74, 6) is 0.193. The number of amides is 2. The Morgan fingerprint density at radius 3 is 2.30 bits per heavy atom. The number of hydrogen-bond donors (Lipinski definition) is 2. The predicted octanol–water partition coefficient (Wildman–Crippen LogP) is 4.90. The highest BCUT2D eigenvalue weighted by molar-refractivity contribution is 7.10. The second-order valence-corrected chi connectivity index (χ2v) is 8.74. The number of hydrogen-bond acceptors (Lipinski definition) is 4. The van der Waals surface area contributed by atoms with Gasteiger partial charge >= 0.3 is 6.09 Å². The van der Waals surface area contributed by atoms with Crippen LogP contribution < -0.4 is 10.6 Å². The van der Waals surface area contributed by atoms with Crippen molar-refractivity contribution in [2.24, 2.45) is 5.92 Å². The molecular formula is C21H28N2O3S. The molecule has 2 aromatic rings. The van der Waals surface area contributed by atoms with E-state index in [0.717, 1.165) is 10.4 Å². The smallest absolute Gasteiger partial charge is 0.407 e. The topological polar surface area (TPSA) is 67.4 Å². The molecule has 2 amide bonds. The van der Waals surface area contributed by atoms with Crippen LogP contribution in [0.5, 0.6) is 0 Å². The SMILES string of the molecule is CC(C)[C@H](NC(=O)c1ccc(CNC(=O)OC(C)(C)C)cc1)c1cccs1. The van der Waals surface area contributed by atoms with E-state index in [-0.39, 0.29) is 11.9 Å². The summed E-state index contributed by atoms with van der Waals surface area (Å²) in [5, 5.41) is 7.84. The summed E-state index contributed by atoms with van der Waals surface area (Å²) in [6, 6.07) is 11.2. The zero-order chi connectivity index (χ0) is 20.0. The Labute approximate surface area is 165 Å². The summed E-state index contributed by atoms with van der Waals surface area (Å²) >= 11 is 1.65. The molecule has 1 aromatic heterocycles. The molecule has 0 unspecified atom stereocenters. The summed E-state index contributed by atoms with van der Waals surface area (Å²) in [6.45, 7) is 9.99. The van der Waals surface area contributed by atoms with Gasteiger partial charge in [-0.15, -0.1) is 11.3 Å². The van der Waals surface area contributed by atoms with E-state index >= 15 is 0 Å². The van der Waals surface area contributed by atoms with E-state index in [1.54, 1.807) is 23.5 Å². The zero-order valence-electron chi connectivity index (χ0n) is 16.5. The van der Waals surface area contributed by atoms with Crippen molar-refractivity contribution in [3.05, 3.63) is 57.8 Å². The van der Waals surface area contributed by atoms with Crippen LogP contribution in [-0.4, -0.2) is 17.6 Å². The molecule has 0 aliphatic rings. The minimum Gasteiger partial charge on any atom is -0.444 e. The molecule has 0 aliphatic carbocycles. The van der Waals surface area contributed by atoms with Gasteiger partial charge in [-0.05, 0) is 55.8 Å². The van der Waals surface area contributed by atoms with Gasteiger partial charge in [-0.25, -0.2) is 4.79 Å². The number of benzene rings is 1. The molecule has 0 saturated carbocycles. The van der Waals surface area contributed by atoms with Gasteiger partial charge in [0, 0.05) is 17.0 Å². The third-order valence-corrected chi connectivity index (χ3v) is 4.81. The van der Waals surface area contributed by atoms with Crippen LogP contribution in [0, 0.1) is 5.92 Å². The molecule has 0 saturated heterocycles. The van der Waals surface area contributed by atoms with Crippen LogP contribution in [0.15, 0.2) is 41.8 Å². The fraction of sp³-hybridized carbons (Fsp3) is 0.429. The minimum atomic E-state index is -0.526. The van der Waals surface area contributed by atoms with Gasteiger partial charge in [-0.3, -0.25) is 4.79 Å². The molecule has 1 heterocycles. The van der Waals surface area contributed by atoms with Crippen molar-refractivity contribution in [2.75, 3.05) is 0 Å². The molecule has 27 heavy (non-hydrogen) atoms. The highest BCUT2D eigenvalue weighted by atomic mass is 32.1. The van der Waals surface area contributed by atoms with Crippen molar-refractivity contribution < 1.29 is 14.3 Å². The number of alkyl carbamates (subject to hydrolysis) is 1. The molecule has 2 N–H and O–H groups in total. The summed E-state index contributed by atoms with van der Waals surface area (Å²) in [7, 11) is 0. The zero-order valence-corrected chi connectivity index (χ0v) is 17.4. The Bertz CT molecular complexity index is 747. The first-order valence-corrected chi connectivity index (χ1v) is 9.94. The molecule has 1 aromatic carbocycles. The van der Waals surface area contributed by atoms with Crippen LogP contribution in [0.4, 0.5) is 4.79 Å². The van der Waals surface area contributed by atoms with Crippen LogP contribution >= 0.6 is 11.3 Å². The maximum atomic E-state index is 12.6. The van der Waals surface area contributed by atoms with Gasteiger partial charge < -0.3 is 15.4 Å². The maximum Gasteiger partial charge on any atom is 0.407 e. The largest absolute Gasteiger partial charge is 0.444 e. The fourth-order valence-electron chi connectivity index (χ4n) is 2.52. The number of ether oxygens (including phenoxy) is 1. The average Bonchev–Trinajstić information content (AvgIpc) is 3.10. The first-order chi connectivity index (χ1) is 12.7. The highest BCUT2D eigenvalue weighted by Gasteiger charge is 2.20. The second kappa shape index (κ2) is 9.04. The van der Waals surface area contributed by atoms with E-state index < -0.39 is 11.7 Å². The fourth-order valence-corrected chi connectivity index (χ4v) is 3.47. The Hall–Kier alpha value is -2.34. The second-order valence-electron chi connectivity index (χ2n) is 7.76. The highest BCUT2D eigenvalue weighted by Crippen LogP contribution is 2.26. The summed E-state index contributed by atoms with van der Waals surface area (Å²) < 4.78 is 5.21. The number of nitrogens with one attached hydrogen (secondary N) is 2. The predicted molar refractivity (Wildman–Crippen MR) is 109 cm³/mol. The molecule has 0 spiro atoms. The Morgan fingerprint density at radius 1 is 1.11 bits per heavy atom. The van der Waals surface area contributed by atoms with Crippen LogP contribution in [-0.2, 0) is 11.3 Å². The van der Waals surface area contributed by atoms with E-state index in [2.05, 4.69) is 24.5 Å². The van der Waals surface area contributed by atoms with Crippen molar-refractivity contribution in [2.45, 2.75) is 52.8 Å². The molecular weight excluding hydrogens is 360 g/mol. The van der Waals surface area contributed by atoms with Gasteiger partial charge in [-0.2, -0.15) is 0 Å². The van der Waals surface area contributed by atoms with E-state index in [4.69, 9.17) is 4.74 Å². The van der Waals surface area contributed by atoms with Gasteiger partial charge in [0.05, 0.1) is 6.04 Å². The van der Waals surface area contributed by atoms with E-state index in [1.165, 1.54) is 0 Å². The van der Waals surface area contributed by atoms with Crippen molar-refractivity contribution in [3.8, 4) is 0 Å². The number of thiophene rings is 1. The average molecular weight is 389 g/mol. The Kier molecular flexibility index (Phi) is 7.02. The number of carbonyl (C=O) groups excluding carboxylic acids is 2. The van der Waals surface area contributed by atoms with Gasteiger partial charge in [-0.1, -0.05) is 32.0 Å². The van der Waals surface area contributed by atoms with Crippen LogP contribution in [0.3, 0.4) is 0 Å². The van der Waals surface area contributed by atoms with E-state index in [1.807, 2.05) is 50.4 Å². The van der Waals surface area contributed by atoms with Crippen LogP contribution in [0.2, 0.25) is 0 Å². The molecule has 1 atom stereocenters. The maximum absolute atomic E-state index is 12.6. The van der Waals surface area contributed by atoms with Crippen LogP contribution in [0.25, 0.3) is 0 Å². The quantitative estimate of drug-likeness (QED) is 0.739. The first-order valence-electron chi connectivity index (χ1n) is 9.06.